The van der Waals surface area contributed by atoms with Gasteiger partial charge in [0, 0.05) is 11.6 Å². The lowest BCUT2D eigenvalue weighted by molar-refractivity contribution is 0.447. The molecule has 15 heavy (non-hydrogen) atoms. The van der Waals surface area contributed by atoms with Crippen LogP contribution in [0.25, 0.3) is 0 Å². The average molecular weight is 204 g/mol. The normalized spacial score (nSPS) is 29.2. The molecule has 4 N–H and O–H groups in total. The number of hydrogen-bond donors (Lipinski definition) is 2. The van der Waals surface area contributed by atoms with Gasteiger partial charge in [0.25, 0.3) is 0 Å². The fourth-order valence-corrected chi connectivity index (χ4v) is 2.80. The predicted octanol–water partition coefficient (Wildman–Crippen LogP) is 2.37. The fraction of sp³-hybridized carbons (Fsp3) is 0.538. The Morgan fingerprint density at radius 2 is 1.93 bits per heavy atom. The van der Waals surface area contributed by atoms with E-state index in [1.165, 1.54) is 16.7 Å². The molecule has 2 rings (SSSR count). The molecular formula is C13H20N2. The maximum absolute atomic E-state index is 6.17. The van der Waals surface area contributed by atoms with Crippen LogP contribution in [0.3, 0.4) is 0 Å². The third-order valence-electron chi connectivity index (χ3n) is 4.08. The SMILES string of the molecule is Cc1ccc2c(c1N)C(CN)C(C)C2C. The molecule has 0 amide bonds. The van der Waals surface area contributed by atoms with E-state index in [2.05, 4.69) is 32.9 Å². The Balaban J connectivity index is 2.61. The maximum Gasteiger partial charge on any atom is 0.0382 e. The van der Waals surface area contributed by atoms with Gasteiger partial charge in [-0.25, -0.2) is 0 Å². The number of anilines is 1. The van der Waals surface area contributed by atoms with Crippen molar-refractivity contribution >= 4 is 5.69 Å². The fourth-order valence-electron chi connectivity index (χ4n) is 2.80. The summed E-state index contributed by atoms with van der Waals surface area (Å²) in [7, 11) is 0. The number of rotatable bonds is 1. The van der Waals surface area contributed by atoms with Crippen LogP contribution < -0.4 is 11.5 Å². The second kappa shape index (κ2) is 3.53. The molecule has 0 aromatic heterocycles. The van der Waals surface area contributed by atoms with Crippen LogP contribution in [-0.4, -0.2) is 6.54 Å². The van der Waals surface area contributed by atoms with Crippen LogP contribution in [-0.2, 0) is 0 Å². The van der Waals surface area contributed by atoms with Crippen molar-refractivity contribution in [3.63, 3.8) is 0 Å². The van der Waals surface area contributed by atoms with E-state index in [-0.39, 0.29) is 0 Å². The highest BCUT2D eigenvalue weighted by Gasteiger charge is 2.35. The highest BCUT2D eigenvalue weighted by molar-refractivity contribution is 5.61. The maximum atomic E-state index is 6.17. The largest absolute Gasteiger partial charge is 0.398 e. The van der Waals surface area contributed by atoms with Gasteiger partial charge in [-0.2, -0.15) is 0 Å². The summed E-state index contributed by atoms with van der Waals surface area (Å²) in [6, 6.07) is 4.34. The summed E-state index contributed by atoms with van der Waals surface area (Å²) in [6.45, 7) is 7.31. The van der Waals surface area contributed by atoms with E-state index in [4.69, 9.17) is 11.5 Å². The second-order valence-corrected chi connectivity index (χ2v) is 4.79. The zero-order chi connectivity index (χ0) is 11.2. The molecule has 2 heteroatoms. The lowest BCUT2D eigenvalue weighted by atomic mass is 9.89. The quantitative estimate of drug-likeness (QED) is 0.690. The topological polar surface area (TPSA) is 52.0 Å². The first-order valence-corrected chi connectivity index (χ1v) is 5.66. The Morgan fingerprint density at radius 1 is 1.27 bits per heavy atom. The van der Waals surface area contributed by atoms with Gasteiger partial charge in [-0.3, -0.25) is 0 Å². The molecule has 3 atom stereocenters. The first kappa shape index (κ1) is 10.5. The molecule has 0 aliphatic heterocycles. The highest BCUT2D eigenvalue weighted by atomic mass is 14.6. The van der Waals surface area contributed by atoms with Crippen LogP contribution >= 0.6 is 0 Å². The summed E-state index contributed by atoms with van der Waals surface area (Å²) in [5, 5.41) is 0. The van der Waals surface area contributed by atoms with Crippen LogP contribution in [0.4, 0.5) is 5.69 Å². The van der Waals surface area contributed by atoms with Crippen molar-refractivity contribution in [1.82, 2.24) is 0 Å². The van der Waals surface area contributed by atoms with Gasteiger partial charge in [-0.1, -0.05) is 26.0 Å². The van der Waals surface area contributed by atoms with E-state index in [1.54, 1.807) is 0 Å². The lowest BCUT2D eigenvalue weighted by Gasteiger charge is -2.17. The minimum atomic E-state index is 0.440. The molecule has 1 aromatic carbocycles. The lowest BCUT2D eigenvalue weighted by Crippen LogP contribution is -2.17. The summed E-state index contributed by atoms with van der Waals surface area (Å²) in [6.07, 6.45) is 0. The summed E-state index contributed by atoms with van der Waals surface area (Å²) in [4.78, 5) is 0. The smallest absolute Gasteiger partial charge is 0.0382 e. The van der Waals surface area contributed by atoms with Crippen molar-refractivity contribution in [2.75, 3.05) is 12.3 Å². The third-order valence-corrected chi connectivity index (χ3v) is 4.08. The molecule has 82 valence electrons. The standard InChI is InChI=1S/C13H20N2/c1-7-4-5-10-8(2)9(3)11(6-14)12(10)13(7)15/h4-5,8-9,11H,6,14-15H2,1-3H3. The van der Waals surface area contributed by atoms with Crippen molar-refractivity contribution in [3.8, 4) is 0 Å². The minimum Gasteiger partial charge on any atom is -0.398 e. The number of hydrogen-bond acceptors (Lipinski definition) is 2. The Morgan fingerprint density at radius 3 is 2.53 bits per heavy atom. The average Bonchev–Trinajstić information content (AvgIpc) is 2.47. The summed E-state index contributed by atoms with van der Waals surface area (Å²) < 4.78 is 0. The monoisotopic (exact) mass is 204 g/mol. The number of nitrogens with two attached hydrogens (primary N) is 2. The van der Waals surface area contributed by atoms with Gasteiger partial charge in [0.15, 0.2) is 0 Å². The van der Waals surface area contributed by atoms with Gasteiger partial charge in [-0.15, -0.1) is 0 Å². The Kier molecular flexibility index (Phi) is 2.47. The molecule has 0 saturated heterocycles. The first-order chi connectivity index (χ1) is 7.07. The molecule has 0 radical (unpaired) electrons. The van der Waals surface area contributed by atoms with Crippen molar-refractivity contribution in [3.05, 3.63) is 28.8 Å². The molecule has 0 bridgehead atoms. The van der Waals surface area contributed by atoms with E-state index in [1.807, 2.05) is 0 Å². The zero-order valence-electron chi connectivity index (χ0n) is 9.75. The Hall–Kier alpha value is -1.02. The first-order valence-electron chi connectivity index (χ1n) is 5.66. The molecule has 1 aliphatic rings. The highest BCUT2D eigenvalue weighted by Crippen LogP contribution is 2.48. The summed E-state index contributed by atoms with van der Waals surface area (Å²) >= 11 is 0. The van der Waals surface area contributed by atoms with E-state index in [9.17, 15) is 0 Å². The number of benzene rings is 1. The van der Waals surface area contributed by atoms with Gasteiger partial charge < -0.3 is 11.5 Å². The Labute approximate surface area is 91.7 Å². The Bertz CT molecular complexity index is 384. The molecule has 0 heterocycles. The zero-order valence-corrected chi connectivity index (χ0v) is 9.75. The summed E-state index contributed by atoms with van der Waals surface area (Å²) in [5.74, 6) is 1.63. The minimum absolute atomic E-state index is 0.440. The molecule has 2 nitrogen and oxygen atoms in total. The predicted molar refractivity (Wildman–Crippen MR) is 65.0 cm³/mol. The summed E-state index contributed by atoms with van der Waals surface area (Å²) in [5.41, 5.74) is 16.9. The third kappa shape index (κ3) is 1.36. The van der Waals surface area contributed by atoms with Gasteiger partial charge in [0.1, 0.15) is 0 Å². The van der Waals surface area contributed by atoms with Crippen LogP contribution in [0, 0.1) is 12.8 Å². The van der Waals surface area contributed by atoms with Crippen molar-refractivity contribution in [1.29, 1.82) is 0 Å². The van der Waals surface area contributed by atoms with Gasteiger partial charge in [-0.05, 0) is 42.0 Å². The van der Waals surface area contributed by atoms with E-state index < -0.39 is 0 Å². The number of aryl methyl sites for hydroxylation is 1. The van der Waals surface area contributed by atoms with Crippen molar-refractivity contribution in [2.24, 2.45) is 11.7 Å². The van der Waals surface area contributed by atoms with Crippen LogP contribution in [0.2, 0.25) is 0 Å². The van der Waals surface area contributed by atoms with E-state index in [0.29, 0.717) is 24.3 Å². The molecule has 0 saturated carbocycles. The van der Waals surface area contributed by atoms with Crippen LogP contribution in [0.5, 0.6) is 0 Å². The van der Waals surface area contributed by atoms with E-state index in [0.717, 1.165) is 5.69 Å². The van der Waals surface area contributed by atoms with Crippen LogP contribution in [0.1, 0.15) is 42.4 Å². The molecule has 0 spiro atoms. The second-order valence-electron chi connectivity index (χ2n) is 4.79. The van der Waals surface area contributed by atoms with Crippen LogP contribution in [0.15, 0.2) is 12.1 Å². The molecule has 1 aliphatic carbocycles. The molecule has 0 fully saturated rings. The van der Waals surface area contributed by atoms with Gasteiger partial charge in [0.2, 0.25) is 0 Å². The molecule has 3 unspecified atom stereocenters. The van der Waals surface area contributed by atoms with Crippen molar-refractivity contribution in [2.45, 2.75) is 32.6 Å². The molecular weight excluding hydrogens is 184 g/mol. The number of fused-ring (bicyclic) bond motifs is 1. The van der Waals surface area contributed by atoms with Gasteiger partial charge in [0.05, 0.1) is 0 Å². The van der Waals surface area contributed by atoms with Gasteiger partial charge >= 0.3 is 0 Å². The van der Waals surface area contributed by atoms with Crippen molar-refractivity contribution < 1.29 is 0 Å². The van der Waals surface area contributed by atoms with E-state index >= 15 is 0 Å². The molecule has 1 aromatic rings. The number of nitrogen functional groups attached to an aromatic ring is 1.